The van der Waals surface area contributed by atoms with E-state index in [0.717, 1.165) is 41.0 Å². The average molecular weight is 353 g/mol. The Labute approximate surface area is 131 Å². The number of nitrogens with one attached hydrogen (secondary N) is 1. The van der Waals surface area contributed by atoms with E-state index in [1.165, 1.54) is 0 Å². The maximum Gasteiger partial charge on any atom is 0.184 e. The summed E-state index contributed by atoms with van der Waals surface area (Å²) >= 11 is 5.13. The number of nitrogens with zero attached hydrogens (tertiary/aromatic N) is 1. The third-order valence-corrected chi connectivity index (χ3v) is 5.71. The van der Waals surface area contributed by atoms with Gasteiger partial charge >= 0.3 is 0 Å². The third kappa shape index (κ3) is 2.90. The van der Waals surface area contributed by atoms with Crippen LogP contribution in [0.4, 0.5) is 0 Å². The van der Waals surface area contributed by atoms with E-state index in [2.05, 4.69) is 25.8 Å². The summed E-state index contributed by atoms with van der Waals surface area (Å²) in [4.78, 5) is 13.6. The molecule has 0 aromatic carbocycles. The highest BCUT2D eigenvalue weighted by atomic mass is 79.9. The van der Waals surface area contributed by atoms with E-state index >= 15 is 0 Å². The van der Waals surface area contributed by atoms with Crippen LogP contribution in [0, 0.1) is 0 Å². The number of rotatable bonds is 4. The lowest BCUT2D eigenvalue weighted by molar-refractivity contribution is 0.0981. The van der Waals surface area contributed by atoms with Gasteiger partial charge in [0, 0.05) is 28.0 Å². The van der Waals surface area contributed by atoms with Gasteiger partial charge in [-0.3, -0.25) is 4.79 Å². The molecule has 20 heavy (non-hydrogen) atoms. The lowest BCUT2D eigenvalue weighted by Gasteiger charge is -2.25. The number of Topliss-reactive ketones (excluding diaryl/α,β-unsaturated/α-hetero) is 1. The minimum Gasteiger partial charge on any atom is -0.342 e. The Morgan fingerprint density at radius 2 is 2.20 bits per heavy atom. The van der Waals surface area contributed by atoms with Crippen LogP contribution in [0.15, 0.2) is 34.2 Å². The van der Waals surface area contributed by atoms with E-state index in [1.54, 1.807) is 11.3 Å². The number of hydrogen-bond donors (Lipinski definition) is 1. The quantitative estimate of drug-likeness (QED) is 0.852. The minimum atomic E-state index is 0.205. The molecule has 0 amide bonds. The number of aromatic nitrogens is 1. The van der Waals surface area contributed by atoms with E-state index in [-0.39, 0.29) is 5.78 Å². The summed E-state index contributed by atoms with van der Waals surface area (Å²) in [6.45, 7) is 2.07. The van der Waals surface area contributed by atoms with Gasteiger partial charge in [0.25, 0.3) is 0 Å². The molecule has 1 aliphatic rings. The largest absolute Gasteiger partial charge is 0.342 e. The van der Waals surface area contributed by atoms with Crippen LogP contribution in [0.2, 0.25) is 0 Å². The molecule has 5 heteroatoms. The maximum absolute atomic E-state index is 12.5. The number of ketones is 1. The topological polar surface area (TPSA) is 34.0 Å². The summed E-state index contributed by atoms with van der Waals surface area (Å²) in [6.07, 6.45) is 4.72. The molecule has 3 nitrogen and oxygen atoms in total. The van der Waals surface area contributed by atoms with Crippen molar-refractivity contribution in [2.45, 2.75) is 25.3 Å². The average Bonchev–Trinajstić information content (AvgIpc) is 3.09. The normalized spacial score (nSPS) is 16.4. The first-order chi connectivity index (χ1) is 9.75. The van der Waals surface area contributed by atoms with Gasteiger partial charge < -0.3 is 9.88 Å². The van der Waals surface area contributed by atoms with Crippen molar-refractivity contribution in [1.82, 2.24) is 9.88 Å². The monoisotopic (exact) mass is 352 g/mol. The van der Waals surface area contributed by atoms with Crippen molar-refractivity contribution in [1.29, 1.82) is 0 Å². The number of carbonyl (C=O) groups excluding carboxylic acids is 1. The van der Waals surface area contributed by atoms with Crippen molar-refractivity contribution in [2.75, 3.05) is 13.1 Å². The Hall–Kier alpha value is -0.910. The predicted octanol–water partition coefficient (Wildman–Crippen LogP) is 3.66. The fourth-order valence-electron chi connectivity index (χ4n) is 2.72. The second-order valence-corrected chi connectivity index (χ2v) is 6.93. The van der Waals surface area contributed by atoms with Crippen molar-refractivity contribution in [2.24, 2.45) is 0 Å². The highest BCUT2D eigenvalue weighted by Crippen LogP contribution is 2.26. The van der Waals surface area contributed by atoms with Crippen LogP contribution in [0.3, 0.4) is 0 Å². The lowest BCUT2D eigenvalue weighted by Crippen LogP contribution is -2.30. The van der Waals surface area contributed by atoms with Gasteiger partial charge in [-0.1, -0.05) is 0 Å². The molecule has 3 rings (SSSR count). The van der Waals surface area contributed by atoms with Crippen molar-refractivity contribution >= 4 is 33.0 Å². The first-order valence-electron chi connectivity index (χ1n) is 6.88. The molecule has 0 saturated carbocycles. The Morgan fingerprint density at radius 3 is 2.90 bits per heavy atom. The minimum absolute atomic E-state index is 0.205. The molecule has 1 N–H and O–H groups in total. The van der Waals surface area contributed by atoms with Crippen LogP contribution in [0.1, 0.15) is 34.2 Å². The highest BCUT2D eigenvalue weighted by molar-refractivity contribution is 9.10. The van der Waals surface area contributed by atoms with Crippen molar-refractivity contribution in [3.05, 3.63) is 44.8 Å². The Balaban J connectivity index is 1.78. The summed E-state index contributed by atoms with van der Waals surface area (Å²) in [5.74, 6) is 0.205. The Kier molecular flexibility index (Phi) is 4.38. The van der Waals surface area contributed by atoms with Gasteiger partial charge in [0.2, 0.25) is 0 Å². The molecule has 0 spiro atoms. The molecule has 106 valence electrons. The van der Waals surface area contributed by atoms with Crippen molar-refractivity contribution in [3.63, 3.8) is 0 Å². The van der Waals surface area contributed by atoms with Crippen LogP contribution in [0.5, 0.6) is 0 Å². The fraction of sp³-hybridized carbons (Fsp3) is 0.400. The smallest absolute Gasteiger partial charge is 0.184 e. The van der Waals surface area contributed by atoms with E-state index in [4.69, 9.17) is 0 Å². The van der Waals surface area contributed by atoms with E-state index < -0.39 is 0 Å². The van der Waals surface area contributed by atoms with E-state index in [1.807, 2.05) is 29.8 Å². The van der Waals surface area contributed by atoms with E-state index in [9.17, 15) is 4.79 Å². The van der Waals surface area contributed by atoms with Gasteiger partial charge in [-0.25, -0.2) is 0 Å². The molecule has 2 aromatic rings. The molecule has 0 radical (unpaired) electrons. The van der Waals surface area contributed by atoms with Crippen LogP contribution in [-0.2, 0) is 6.42 Å². The third-order valence-electron chi connectivity index (χ3n) is 3.78. The van der Waals surface area contributed by atoms with Gasteiger partial charge in [-0.2, -0.15) is 0 Å². The van der Waals surface area contributed by atoms with Gasteiger partial charge in [0.05, 0.1) is 5.69 Å². The highest BCUT2D eigenvalue weighted by Gasteiger charge is 2.20. The summed E-state index contributed by atoms with van der Waals surface area (Å²) in [5.41, 5.74) is 0.845. The van der Waals surface area contributed by atoms with Crippen LogP contribution >= 0.6 is 27.3 Å². The molecule has 0 bridgehead atoms. The molecule has 0 unspecified atom stereocenters. The molecule has 0 atom stereocenters. The standard InChI is InChI=1S/C15H17BrN2OS/c16-12-5-9-20-15(12)10-14(19)13-2-1-8-18(13)11-3-6-17-7-4-11/h1-2,5,8-9,11,17H,3-4,6-7,10H2. The van der Waals surface area contributed by atoms with Gasteiger partial charge in [0.15, 0.2) is 5.78 Å². The SMILES string of the molecule is O=C(Cc1sccc1Br)c1cccn1C1CCNCC1. The van der Waals surface area contributed by atoms with Gasteiger partial charge in [0.1, 0.15) is 0 Å². The molecular formula is C15H17BrN2OS. The van der Waals surface area contributed by atoms with Gasteiger partial charge in [-0.15, -0.1) is 11.3 Å². The summed E-state index contributed by atoms with van der Waals surface area (Å²) in [5, 5.41) is 5.38. The van der Waals surface area contributed by atoms with E-state index in [0.29, 0.717) is 12.5 Å². The number of piperidine rings is 1. The van der Waals surface area contributed by atoms with Crippen LogP contribution in [-0.4, -0.2) is 23.4 Å². The number of halogens is 1. The second-order valence-electron chi connectivity index (χ2n) is 5.07. The molecular weight excluding hydrogens is 336 g/mol. The first-order valence-corrected chi connectivity index (χ1v) is 8.55. The molecule has 1 aliphatic heterocycles. The van der Waals surface area contributed by atoms with Gasteiger partial charge in [-0.05, 0) is 65.4 Å². The number of thiophene rings is 1. The summed E-state index contributed by atoms with van der Waals surface area (Å²) in [7, 11) is 0. The molecule has 1 fully saturated rings. The number of hydrogen-bond acceptors (Lipinski definition) is 3. The molecule has 1 saturated heterocycles. The molecule has 2 aromatic heterocycles. The number of carbonyl (C=O) groups is 1. The maximum atomic E-state index is 12.5. The molecule has 0 aliphatic carbocycles. The summed E-state index contributed by atoms with van der Waals surface area (Å²) < 4.78 is 3.21. The fourth-order valence-corrected chi connectivity index (χ4v) is 4.21. The zero-order valence-electron chi connectivity index (χ0n) is 11.1. The zero-order valence-corrected chi connectivity index (χ0v) is 13.5. The first kappa shape index (κ1) is 14.0. The van der Waals surface area contributed by atoms with Crippen LogP contribution in [0.25, 0.3) is 0 Å². The Bertz CT molecular complexity index is 599. The second kappa shape index (κ2) is 6.24. The molecule has 3 heterocycles. The van der Waals surface area contributed by atoms with Crippen molar-refractivity contribution < 1.29 is 4.79 Å². The van der Waals surface area contributed by atoms with Crippen LogP contribution < -0.4 is 5.32 Å². The zero-order chi connectivity index (χ0) is 13.9. The van der Waals surface area contributed by atoms with Crippen molar-refractivity contribution in [3.8, 4) is 0 Å². The predicted molar refractivity (Wildman–Crippen MR) is 85.6 cm³/mol. The lowest BCUT2D eigenvalue weighted by atomic mass is 10.1. The Morgan fingerprint density at radius 1 is 1.40 bits per heavy atom. The summed E-state index contributed by atoms with van der Waals surface area (Å²) in [6, 6.07) is 6.39.